The first kappa shape index (κ1) is 16.7. The zero-order valence-electron chi connectivity index (χ0n) is 14.5. The standard InChI is InChI=1S/C20H21N3O3/c24-17(13-5-2-1-3-6-13)15-7-4-10-23(12-15)20(26)16-11-21-18(14-8-9-14)22-19(16)25/h1-3,5-6,11,14-15H,4,7-10,12H2,(H,21,22,25)/t15-/m0/s1. The first-order valence-corrected chi connectivity index (χ1v) is 9.11. The molecule has 2 fully saturated rings. The smallest absolute Gasteiger partial charge is 0.263 e. The third-order valence-corrected chi connectivity index (χ3v) is 5.15. The lowest BCUT2D eigenvalue weighted by Crippen LogP contribution is -2.44. The Kier molecular flexibility index (Phi) is 4.41. The number of likely N-dealkylation sites (tertiary alicyclic amines) is 1. The SMILES string of the molecule is O=C(c1ccccc1)[C@H]1CCCN(C(=O)c2cnc(C3CC3)[nH]c2=O)C1. The second-order valence-corrected chi connectivity index (χ2v) is 7.11. The Bertz CT molecular complexity index is 887. The predicted octanol–water partition coefficient (Wildman–Crippen LogP) is 2.38. The number of H-pyrrole nitrogens is 1. The lowest BCUT2D eigenvalue weighted by molar-refractivity contribution is 0.0635. The fourth-order valence-corrected chi connectivity index (χ4v) is 3.51. The van der Waals surface area contributed by atoms with E-state index in [0.717, 1.165) is 25.7 Å². The Morgan fingerprint density at radius 3 is 2.58 bits per heavy atom. The molecule has 1 atom stereocenters. The second kappa shape index (κ2) is 6.86. The minimum absolute atomic E-state index is 0.0548. The molecule has 1 saturated heterocycles. The van der Waals surface area contributed by atoms with Gasteiger partial charge in [-0.1, -0.05) is 30.3 Å². The summed E-state index contributed by atoms with van der Waals surface area (Å²) in [7, 11) is 0. The molecule has 1 saturated carbocycles. The van der Waals surface area contributed by atoms with Crippen molar-refractivity contribution in [1.82, 2.24) is 14.9 Å². The highest BCUT2D eigenvalue weighted by Crippen LogP contribution is 2.37. The minimum Gasteiger partial charge on any atom is -0.338 e. The Hall–Kier alpha value is -2.76. The first-order chi connectivity index (χ1) is 12.6. The van der Waals surface area contributed by atoms with Gasteiger partial charge in [0, 0.05) is 36.7 Å². The maximum absolute atomic E-state index is 12.8. The summed E-state index contributed by atoms with van der Waals surface area (Å²) in [6.45, 7) is 0.900. The highest BCUT2D eigenvalue weighted by Gasteiger charge is 2.31. The molecular formula is C20H21N3O3. The molecule has 6 nitrogen and oxygen atoms in total. The van der Waals surface area contributed by atoms with Gasteiger partial charge in [-0.2, -0.15) is 0 Å². The number of ketones is 1. The van der Waals surface area contributed by atoms with Crippen LogP contribution in [0.3, 0.4) is 0 Å². The molecule has 26 heavy (non-hydrogen) atoms. The molecule has 1 N–H and O–H groups in total. The van der Waals surface area contributed by atoms with Crippen LogP contribution in [-0.2, 0) is 0 Å². The molecule has 4 rings (SSSR count). The monoisotopic (exact) mass is 351 g/mol. The topological polar surface area (TPSA) is 83.1 Å². The van der Waals surface area contributed by atoms with Crippen molar-refractivity contribution in [1.29, 1.82) is 0 Å². The number of Topliss-reactive ketones (excluding diaryl/α,β-unsaturated/α-hetero) is 1. The number of piperidine rings is 1. The molecule has 0 spiro atoms. The molecule has 1 aliphatic heterocycles. The molecule has 2 heterocycles. The van der Waals surface area contributed by atoms with E-state index in [0.29, 0.717) is 30.4 Å². The van der Waals surface area contributed by atoms with Gasteiger partial charge in [-0.25, -0.2) is 4.98 Å². The molecule has 1 aliphatic carbocycles. The molecular weight excluding hydrogens is 330 g/mol. The van der Waals surface area contributed by atoms with Crippen LogP contribution in [0, 0.1) is 5.92 Å². The number of nitrogens with zero attached hydrogens (tertiary/aromatic N) is 2. The van der Waals surface area contributed by atoms with E-state index in [1.807, 2.05) is 18.2 Å². The van der Waals surface area contributed by atoms with E-state index in [9.17, 15) is 14.4 Å². The zero-order valence-corrected chi connectivity index (χ0v) is 14.5. The van der Waals surface area contributed by atoms with Crippen LogP contribution in [-0.4, -0.2) is 39.6 Å². The van der Waals surface area contributed by atoms with Crippen molar-refractivity contribution in [3.05, 3.63) is 63.8 Å². The molecule has 6 heteroatoms. The number of hydrogen-bond donors (Lipinski definition) is 1. The summed E-state index contributed by atoms with van der Waals surface area (Å²) in [4.78, 5) is 46.3. The lowest BCUT2D eigenvalue weighted by Gasteiger charge is -2.32. The van der Waals surface area contributed by atoms with Gasteiger partial charge in [0.1, 0.15) is 11.4 Å². The molecule has 0 bridgehead atoms. The van der Waals surface area contributed by atoms with E-state index in [4.69, 9.17) is 0 Å². The molecule has 0 radical (unpaired) electrons. The quantitative estimate of drug-likeness (QED) is 0.857. The van der Waals surface area contributed by atoms with Gasteiger partial charge in [0.2, 0.25) is 0 Å². The van der Waals surface area contributed by atoms with Crippen LogP contribution in [0.2, 0.25) is 0 Å². The van der Waals surface area contributed by atoms with E-state index in [1.165, 1.54) is 6.20 Å². The van der Waals surface area contributed by atoms with Crippen LogP contribution in [0.15, 0.2) is 41.3 Å². The summed E-state index contributed by atoms with van der Waals surface area (Å²) in [5.74, 6) is 0.482. The van der Waals surface area contributed by atoms with Crippen LogP contribution in [0.25, 0.3) is 0 Å². The average molecular weight is 351 g/mol. The molecule has 0 unspecified atom stereocenters. The number of nitrogens with one attached hydrogen (secondary N) is 1. The van der Waals surface area contributed by atoms with Crippen LogP contribution in [0.1, 0.15) is 58.1 Å². The average Bonchev–Trinajstić information content (AvgIpc) is 3.53. The number of benzene rings is 1. The van der Waals surface area contributed by atoms with E-state index in [-0.39, 0.29) is 28.7 Å². The number of hydrogen-bond acceptors (Lipinski definition) is 4. The van der Waals surface area contributed by atoms with Crippen LogP contribution in [0.5, 0.6) is 0 Å². The summed E-state index contributed by atoms with van der Waals surface area (Å²) >= 11 is 0. The van der Waals surface area contributed by atoms with Gasteiger partial charge in [0.05, 0.1) is 0 Å². The predicted molar refractivity (Wildman–Crippen MR) is 96.2 cm³/mol. The number of aromatic nitrogens is 2. The second-order valence-electron chi connectivity index (χ2n) is 7.11. The van der Waals surface area contributed by atoms with E-state index >= 15 is 0 Å². The third-order valence-electron chi connectivity index (χ3n) is 5.15. The number of rotatable bonds is 4. The number of carbonyl (C=O) groups excluding carboxylic acids is 2. The van der Waals surface area contributed by atoms with Gasteiger partial charge in [-0.15, -0.1) is 0 Å². The number of carbonyl (C=O) groups is 2. The molecule has 134 valence electrons. The summed E-state index contributed by atoms with van der Waals surface area (Å²) < 4.78 is 0. The highest BCUT2D eigenvalue weighted by atomic mass is 16.2. The van der Waals surface area contributed by atoms with Crippen molar-refractivity contribution >= 4 is 11.7 Å². The molecule has 1 amide bonds. The van der Waals surface area contributed by atoms with Crippen molar-refractivity contribution < 1.29 is 9.59 Å². The number of amides is 1. The van der Waals surface area contributed by atoms with Gasteiger partial charge in [0.25, 0.3) is 11.5 Å². The molecule has 1 aromatic heterocycles. The fraction of sp³-hybridized carbons (Fsp3) is 0.400. The minimum atomic E-state index is -0.386. The van der Waals surface area contributed by atoms with Crippen molar-refractivity contribution in [2.75, 3.05) is 13.1 Å². The van der Waals surface area contributed by atoms with Crippen molar-refractivity contribution in [3.63, 3.8) is 0 Å². The Morgan fingerprint density at radius 2 is 1.88 bits per heavy atom. The third kappa shape index (κ3) is 3.31. The van der Waals surface area contributed by atoms with Crippen LogP contribution >= 0.6 is 0 Å². The van der Waals surface area contributed by atoms with E-state index in [2.05, 4.69) is 9.97 Å². The zero-order chi connectivity index (χ0) is 18.1. The lowest BCUT2D eigenvalue weighted by atomic mass is 9.90. The van der Waals surface area contributed by atoms with Gasteiger partial charge in [-0.05, 0) is 25.7 Å². The maximum atomic E-state index is 12.8. The highest BCUT2D eigenvalue weighted by molar-refractivity contribution is 5.99. The molecule has 1 aromatic carbocycles. The Balaban J connectivity index is 1.50. The van der Waals surface area contributed by atoms with Crippen LogP contribution in [0.4, 0.5) is 0 Å². The summed E-state index contributed by atoms with van der Waals surface area (Å²) in [5, 5.41) is 0. The Labute approximate surface area is 151 Å². The van der Waals surface area contributed by atoms with Gasteiger partial charge in [0.15, 0.2) is 5.78 Å². The maximum Gasteiger partial charge on any atom is 0.263 e. The van der Waals surface area contributed by atoms with Crippen molar-refractivity contribution in [2.24, 2.45) is 5.92 Å². The van der Waals surface area contributed by atoms with Crippen molar-refractivity contribution in [2.45, 2.75) is 31.6 Å². The largest absolute Gasteiger partial charge is 0.338 e. The first-order valence-electron chi connectivity index (χ1n) is 9.11. The molecule has 2 aliphatic rings. The summed E-state index contributed by atoms with van der Waals surface area (Å²) in [6.07, 6.45) is 4.96. The van der Waals surface area contributed by atoms with E-state index in [1.54, 1.807) is 17.0 Å². The van der Waals surface area contributed by atoms with Gasteiger partial charge < -0.3 is 9.88 Å². The fourth-order valence-electron chi connectivity index (χ4n) is 3.51. The van der Waals surface area contributed by atoms with Gasteiger partial charge in [-0.3, -0.25) is 14.4 Å². The van der Waals surface area contributed by atoms with Crippen LogP contribution < -0.4 is 5.56 Å². The summed E-state index contributed by atoms with van der Waals surface area (Å²) in [6, 6.07) is 9.15. The van der Waals surface area contributed by atoms with Gasteiger partial charge >= 0.3 is 0 Å². The Morgan fingerprint density at radius 1 is 1.12 bits per heavy atom. The molecule has 2 aromatic rings. The number of aromatic amines is 1. The van der Waals surface area contributed by atoms with E-state index < -0.39 is 0 Å². The summed E-state index contributed by atoms with van der Waals surface area (Å²) in [5.41, 5.74) is 0.339. The van der Waals surface area contributed by atoms with Crippen molar-refractivity contribution in [3.8, 4) is 0 Å². The normalized spacial score (nSPS) is 20.0.